The summed E-state index contributed by atoms with van der Waals surface area (Å²) in [6.07, 6.45) is 0.450. The molecular weight excluding hydrogens is 420 g/mol. The maximum Gasteiger partial charge on any atom is 0.271 e. The van der Waals surface area contributed by atoms with E-state index >= 15 is 0 Å². The Morgan fingerprint density at radius 3 is 2.39 bits per heavy atom. The van der Waals surface area contributed by atoms with Crippen molar-refractivity contribution in [2.45, 2.75) is 12.5 Å². The van der Waals surface area contributed by atoms with E-state index in [-0.39, 0.29) is 18.6 Å². The average Bonchev–Trinajstić information content (AvgIpc) is 3.30. The monoisotopic (exact) mass is 444 g/mol. The van der Waals surface area contributed by atoms with Gasteiger partial charge in [0, 0.05) is 18.2 Å². The van der Waals surface area contributed by atoms with E-state index in [1.807, 2.05) is 65.7 Å². The Hall–Kier alpha value is -4.33. The van der Waals surface area contributed by atoms with Gasteiger partial charge in [-0.1, -0.05) is 48.5 Å². The van der Waals surface area contributed by atoms with Gasteiger partial charge in [0.1, 0.15) is 5.71 Å². The van der Waals surface area contributed by atoms with Crippen molar-refractivity contribution in [1.82, 2.24) is 0 Å². The second-order valence-corrected chi connectivity index (χ2v) is 7.43. The van der Waals surface area contributed by atoms with Crippen molar-refractivity contribution in [3.63, 3.8) is 0 Å². The Morgan fingerprint density at radius 2 is 1.73 bits per heavy atom. The summed E-state index contributed by atoms with van der Waals surface area (Å²) >= 11 is 0. The van der Waals surface area contributed by atoms with Gasteiger partial charge in [-0.3, -0.25) is 14.6 Å². The minimum atomic E-state index is -0.611. The zero-order valence-electron chi connectivity index (χ0n) is 18.1. The third-order valence-electron chi connectivity index (χ3n) is 5.17. The molecule has 0 saturated carbocycles. The van der Waals surface area contributed by atoms with E-state index in [1.165, 1.54) is 7.11 Å². The number of nitrogens with one attached hydrogen (secondary N) is 1. The number of benzene rings is 3. The molecule has 0 aromatic heterocycles. The number of para-hydroxylation sites is 1. The zero-order chi connectivity index (χ0) is 23.2. The number of nitrogens with zero attached hydrogens (tertiary/aromatic N) is 2. The molecule has 33 heavy (non-hydrogen) atoms. The number of anilines is 2. The largest absolute Gasteiger partial charge is 0.493 e. The molecule has 8 heteroatoms. The van der Waals surface area contributed by atoms with Crippen molar-refractivity contribution in [3.8, 4) is 11.5 Å². The van der Waals surface area contributed by atoms with Gasteiger partial charge in [0.05, 0.1) is 18.8 Å². The molecule has 1 aliphatic rings. The number of methoxy groups -OCH3 is 1. The van der Waals surface area contributed by atoms with Crippen molar-refractivity contribution >= 4 is 28.9 Å². The third kappa shape index (κ3) is 5.12. The summed E-state index contributed by atoms with van der Waals surface area (Å²) in [7, 11) is 1.49. The van der Waals surface area contributed by atoms with Crippen LogP contribution in [0, 0.1) is 0 Å². The Bertz CT molecular complexity index is 1170. The van der Waals surface area contributed by atoms with Crippen LogP contribution in [0.15, 0.2) is 84.0 Å². The highest BCUT2D eigenvalue weighted by Crippen LogP contribution is 2.35. The molecule has 0 fully saturated rings. The van der Waals surface area contributed by atoms with Crippen LogP contribution >= 0.6 is 0 Å². The molecule has 1 aliphatic heterocycles. The predicted octanol–water partition coefficient (Wildman–Crippen LogP) is 3.51. The van der Waals surface area contributed by atoms with Crippen molar-refractivity contribution in [1.29, 1.82) is 0 Å². The Labute approximate surface area is 191 Å². The summed E-state index contributed by atoms with van der Waals surface area (Å²) in [6.45, 7) is -0.300. The second-order valence-electron chi connectivity index (χ2n) is 7.43. The van der Waals surface area contributed by atoms with E-state index in [9.17, 15) is 9.59 Å². The Kier molecular flexibility index (Phi) is 6.54. The lowest BCUT2D eigenvalue weighted by molar-refractivity contribution is -0.120. The summed E-state index contributed by atoms with van der Waals surface area (Å²) in [5, 5.41) is 9.38. The minimum absolute atomic E-state index is 0.0975. The van der Waals surface area contributed by atoms with Crippen LogP contribution in [0.4, 0.5) is 11.4 Å². The lowest BCUT2D eigenvalue weighted by Crippen LogP contribution is -2.22. The summed E-state index contributed by atoms with van der Waals surface area (Å²) in [4.78, 5) is 24.2. The normalized spacial score (nSPS) is 15.0. The second kappa shape index (κ2) is 9.86. The van der Waals surface area contributed by atoms with E-state index < -0.39 is 5.91 Å². The van der Waals surface area contributed by atoms with Gasteiger partial charge in [0.2, 0.25) is 0 Å². The molecule has 3 aromatic carbocycles. The van der Waals surface area contributed by atoms with Crippen LogP contribution in [0.2, 0.25) is 0 Å². The maximum absolute atomic E-state index is 13.1. The first-order valence-corrected chi connectivity index (χ1v) is 10.4. The fraction of sp³-hybridized carbons (Fsp3) is 0.160. The molecule has 3 aromatic rings. The lowest BCUT2D eigenvalue weighted by atomic mass is 10.0. The average molecular weight is 444 g/mol. The highest BCUT2D eigenvalue weighted by molar-refractivity contribution is 6.43. The van der Waals surface area contributed by atoms with Crippen LogP contribution in [0.5, 0.6) is 11.5 Å². The highest BCUT2D eigenvalue weighted by atomic mass is 16.5. The number of amides is 2. The van der Waals surface area contributed by atoms with E-state index in [4.69, 9.17) is 15.2 Å². The zero-order valence-corrected chi connectivity index (χ0v) is 18.1. The summed E-state index contributed by atoms with van der Waals surface area (Å²) in [6, 6.07) is 24.5. The van der Waals surface area contributed by atoms with Gasteiger partial charge in [-0.05, 0) is 29.8 Å². The van der Waals surface area contributed by atoms with Crippen molar-refractivity contribution in [3.05, 3.63) is 84.4 Å². The first-order valence-electron chi connectivity index (χ1n) is 10.4. The van der Waals surface area contributed by atoms with Crippen LogP contribution < -0.4 is 25.5 Å². The number of hydrogen-bond acceptors (Lipinski definition) is 6. The molecule has 8 nitrogen and oxygen atoms in total. The van der Waals surface area contributed by atoms with Gasteiger partial charge < -0.3 is 20.5 Å². The molecule has 0 radical (unpaired) electrons. The Balaban J connectivity index is 1.56. The topological polar surface area (TPSA) is 106 Å². The predicted molar refractivity (Wildman–Crippen MR) is 126 cm³/mol. The van der Waals surface area contributed by atoms with Crippen LogP contribution in [0.3, 0.4) is 0 Å². The quantitative estimate of drug-likeness (QED) is 0.553. The number of carbonyl (C=O) groups is 2. The SMILES string of the molecule is COc1ccc(NC(=O)C2=NN(c3ccccc3)C(c3ccccc3)C2)cc1OCC(N)=O. The minimum Gasteiger partial charge on any atom is -0.493 e. The fourth-order valence-electron chi connectivity index (χ4n) is 3.62. The molecular formula is C25H24N4O4. The number of rotatable bonds is 8. The van der Waals surface area contributed by atoms with E-state index in [1.54, 1.807) is 18.2 Å². The number of nitrogens with two attached hydrogens (primary N) is 1. The standard InChI is InChI=1S/C25H24N4O4/c1-32-22-13-12-18(14-23(22)33-16-24(26)30)27-25(31)20-15-21(17-8-4-2-5-9-17)29(28-20)19-10-6-3-7-11-19/h2-14,21H,15-16H2,1H3,(H2,26,30)(H,27,31). The van der Waals surface area contributed by atoms with E-state index in [0.717, 1.165) is 11.3 Å². The van der Waals surface area contributed by atoms with Gasteiger partial charge in [0.25, 0.3) is 11.8 Å². The number of primary amides is 1. The smallest absolute Gasteiger partial charge is 0.271 e. The Morgan fingerprint density at radius 1 is 1.03 bits per heavy atom. The van der Waals surface area contributed by atoms with Gasteiger partial charge >= 0.3 is 0 Å². The van der Waals surface area contributed by atoms with Gasteiger partial charge in [-0.15, -0.1) is 0 Å². The maximum atomic E-state index is 13.1. The van der Waals surface area contributed by atoms with E-state index in [0.29, 0.717) is 29.3 Å². The third-order valence-corrected chi connectivity index (χ3v) is 5.17. The van der Waals surface area contributed by atoms with Gasteiger partial charge in [-0.2, -0.15) is 5.10 Å². The first kappa shape index (κ1) is 21.9. The van der Waals surface area contributed by atoms with Crippen molar-refractivity contribution in [2.75, 3.05) is 24.0 Å². The molecule has 2 amide bonds. The van der Waals surface area contributed by atoms with Crippen LogP contribution in [0.1, 0.15) is 18.0 Å². The van der Waals surface area contributed by atoms with Crippen molar-refractivity contribution < 1.29 is 19.1 Å². The molecule has 1 unspecified atom stereocenters. The van der Waals surface area contributed by atoms with Gasteiger partial charge in [0.15, 0.2) is 18.1 Å². The molecule has 0 aliphatic carbocycles. The van der Waals surface area contributed by atoms with E-state index in [2.05, 4.69) is 10.4 Å². The summed E-state index contributed by atoms with van der Waals surface area (Å²) in [5.74, 6) is -0.206. The highest BCUT2D eigenvalue weighted by Gasteiger charge is 2.32. The van der Waals surface area contributed by atoms with Gasteiger partial charge in [-0.25, -0.2) is 0 Å². The molecule has 0 bridgehead atoms. The number of ether oxygens (including phenoxy) is 2. The molecule has 168 valence electrons. The molecule has 3 N–H and O–H groups in total. The van der Waals surface area contributed by atoms with Crippen LogP contribution in [-0.4, -0.2) is 31.2 Å². The molecule has 1 atom stereocenters. The molecule has 0 spiro atoms. The fourth-order valence-corrected chi connectivity index (χ4v) is 3.62. The number of carbonyl (C=O) groups excluding carboxylic acids is 2. The van der Waals surface area contributed by atoms with Crippen LogP contribution in [0.25, 0.3) is 0 Å². The molecule has 1 heterocycles. The van der Waals surface area contributed by atoms with Crippen LogP contribution in [-0.2, 0) is 9.59 Å². The number of hydrogen-bond donors (Lipinski definition) is 2. The first-order chi connectivity index (χ1) is 16.0. The summed E-state index contributed by atoms with van der Waals surface area (Å²) in [5.41, 5.74) is 8.02. The number of hydrazone groups is 1. The lowest BCUT2D eigenvalue weighted by Gasteiger charge is -2.23. The summed E-state index contributed by atoms with van der Waals surface area (Å²) < 4.78 is 10.6. The molecule has 4 rings (SSSR count). The molecule has 0 saturated heterocycles. The van der Waals surface area contributed by atoms with Crippen molar-refractivity contribution in [2.24, 2.45) is 10.8 Å².